The van der Waals surface area contributed by atoms with Crippen molar-refractivity contribution in [1.82, 2.24) is 9.88 Å². The van der Waals surface area contributed by atoms with Crippen molar-refractivity contribution in [1.29, 1.82) is 0 Å². The first kappa shape index (κ1) is 13.9. The van der Waals surface area contributed by atoms with Crippen LogP contribution in [0.2, 0.25) is 0 Å². The Morgan fingerprint density at radius 3 is 2.26 bits per heavy atom. The van der Waals surface area contributed by atoms with E-state index < -0.39 is 0 Å². The fourth-order valence-electron chi connectivity index (χ4n) is 2.35. The highest BCUT2D eigenvalue weighted by Crippen LogP contribution is 2.17. The standard InChI is InChI=1S/C17H24N2/c1-12-6-8-16(9-7-12)14(3)18-11-17-10-13(2)19(5)15(17)4/h6-10,14,18H,11H2,1-5H3. The molecule has 1 N–H and O–H groups in total. The number of nitrogens with one attached hydrogen (secondary N) is 1. The number of rotatable bonds is 4. The molecule has 1 atom stereocenters. The van der Waals surface area contributed by atoms with E-state index in [1.807, 2.05) is 0 Å². The molecule has 1 aromatic carbocycles. The summed E-state index contributed by atoms with van der Waals surface area (Å²) in [4.78, 5) is 0. The topological polar surface area (TPSA) is 17.0 Å². The predicted molar refractivity (Wildman–Crippen MR) is 81.3 cm³/mol. The average Bonchev–Trinajstić information content (AvgIpc) is 2.64. The van der Waals surface area contributed by atoms with Crippen LogP contribution < -0.4 is 5.32 Å². The van der Waals surface area contributed by atoms with Gasteiger partial charge in [0.15, 0.2) is 0 Å². The molecule has 0 bridgehead atoms. The minimum Gasteiger partial charge on any atom is -0.352 e. The van der Waals surface area contributed by atoms with Gasteiger partial charge in [0.2, 0.25) is 0 Å². The van der Waals surface area contributed by atoms with Crippen molar-refractivity contribution in [3.63, 3.8) is 0 Å². The van der Waals surface area contributed by atoms with Crippen molar-refractivity contribution in [2.45, 2.75) is 40.3 Å². The molecule has 2 nitrogen and oxygen atoms in total. The molecule has 0 amide bonds. The van der Waals surface area contributed by atoms with E-state index in [1.165, 1.54) is 28.1 Å². The number of aromatic nitrogens is 1. The van der Waals surface area contributed by atoms with Gasteiger partial charge in [-0.05, 0) is 44.9 Å². The van der Waals surface area contributed by atoms with Crippen molar-refractivity contribution in [3.8, 4) is 0 Å². The van der Waals surface area contributed by atoms with Crippen molar-refractivity contribution in [2.75, 3.05) is 0 Å². The number of benzene rings is 1. The molecular weight excluding hydrogens is 232 g/mol. The smallest absolute Gasteiger partial charge is 0.0294 e. The molecule has 0 fully saturated rings. The normalized spacial score (nSPS) is 12.7. The van der Waals surface area contributed by atoms with Crippen LogP contribution in [0.25, 0.3) is 0 Å². The fourth-order valence-corrected chi connectivity index (χ4v) is 2.35. The van der Waals surface area contributed by atoms with Crippen molar-refractivity contribution in [3.05, 3.63) is 58.4 Å². The largest absolute Gasteiger partial charge is 0.352 e. The summed E-state index contributed by atoms with van der Waals surface area (Å²) in [5, 5.41) is 3.60. The Balaban J connectivity index is 2.02. The molecule has 1 aromatic heterocycles. The molecule has 1 heterocycles. The Kier molecular flexibility index (Phi) is 4.11. The Bertz CT molecular complexity index is 549. The maximum absolute atomic E-state index is 3.60. The van der Waals surface area contributed by atoms with Crippen molar-refractivity contribution < 1.29 is 0 Å². The van der Waals surface area contributed by atoms with Gasteiger partial charge < -0.3 is 9.88 Å². The molecule has 0 saturated carbocycles. The number of hydrogen-bond acceptors (Lipinski definition) is 1. The zero-order valence-corrected chi connectivity index (χ0v) is 12.6. The SMILES string of the molecule is Cc1ccc(C(C)NCc2cc(C)n(C)c2C)cc1. The van der Waals surface area contributed by atoms with Gasteiger partial charge in [-0.2, -0.15) is 0 Å². The molecule has 0 saturated heterocycles. The summed E-state index contributed by atoms with van der Waals surface area (Å²) in [5.74, 6) is 0. The molecule has 2 heteroatoms. The third-order valence-corrected chi connectivity index (χ3v) is 4.06. The monoisotopic (exact) mass is 256 g/mol. The molecule has 2 rings (SSSR count). The molecular formula is C17H24N2. The summed E-state index contributed by atoms with van der Waals surface area (Å²) < 4.78 is 2.24. The minimum absolute atomic E-state index is 0.375. The third-order valence-electron chi connectivity index (χ3n) is 4.06. The predicted octanol–water partition coefficient (Wildman–Crippen LogP) is 3.80. The lowest BCUT2D eigenvalue weighted by molar-refractivity contribution is 0.572. The summed E-state index contributed by atoms with van der Waals surface area (Å²) in [5.41, 5.74) is 6.71. The summed E-state index contributed by atoms with van der Waals surface area (Å²) in [7, 11) is 2.12. The van der Waals surface area contributed by atoms with E-state index in [2.05, 4.69) is 75.0 Å². The lowest BCUT2D eigenvalue weighted by Crippen LogP contribution is -2.18. The molecule has 0 aliphatic carbocycles. The average molecular weight is 256 g/mol. The van der Waals surface area contributed by atoms with Gasteiger partial charge in [-0.1, -0.05) is 29.8 Å². The van der Waals surface area contributed by atoms with Crippen molar-refractivity contribution >= 4 is 0 Å². The quantitative estimate of drug-likeness (QED) is 0.880. The van der Waals surface area contributed by atoms with E-state index in [9.17, 15) is 0 Å². The second-order valence-electron chi connectivity index (χ2n) is 5.47. The first-order chi connectivity index (χ1) is 8.99. The maximum Gasteiger partial charge on any atom is 0.0294 e. The summed E-state index contributed by atoms with van der Waals surface area (Å²) in [6, 6.07) is 11.4. The van der Waals surface area contributed by atoms with Crippen LogP contribution in [0.1, 0.15) is 41.0 Å². The summed E-state index contributed by atoms with van der Waals surface area (Å²) >= 11 is 0. The van der Waals surface area contributed by atoms with Gasteiger partial charge in [-0.15, -0.1) is 0 Å². The lowest BCUT2D eigenvalue weighted by Gasteiger charge is -2.14. The van der Waals surface area contributed by atoms with Crippen LogP contribution in [0, 0.1) is 20.8 Å². The Hall–Kier alpha value is -1.54. The van der Waals surface area contributed by atoms with Gasteiger partial charge in [0, 0.05) is 31.0 Å². The first-order valence-electron chi connectivity index (χ1n) is 6.90. The molecule has 2 aromatic rings. The highest BCUT2D eigenvalue weighted by molar-refractivity contribution is 5.27. The van der Waals surface area contributed by atoms with E-state index in [0.717, 1.165) is 6.54 Å². The summed E-state index contributed by atoms with van der Waals surface area (Å²) in [6.45, 7) is 9.59. The van der Waals surface area contributed by atoms with Crippen LogP contribution in [0.4, 0.5) is 0 Å². The Morgan fingerprint density at radius 2 is 1.74 bits per heavy atom. The molecule has 0 spiro atoms. The highest BCUT2D eigenvalue weighted by atomic mass is 15.0. The zero-order valence-electron chi connectivity index (χ0n) is 12.6. The number of nitrogens with zero attached hydrogens (tertiary/aromatic N) is 1. The lowest BCUT2D eigenvalue weighted by atomic mass is 10.1. The van der Waals surface area contributed by atoms with E-state index in [4.69, 9.17) is 0 Å². The van der Waals surface area contributed by atoms with Gasteiger partial charge in [0.25, 0.3) is 0 Å². The van der Waals surface area contributed by atoms with Crippen LogP contribution in [0.3, 0.4) is 0 Å². The van der Waals surface area contributed by atoms with E-state index in [1.54, 1.807) is 0 Å². The van der Waals surface area contributed by atoms with E-state index in [0.29, 0.717) is 6.04 Å². The maximum atomic E-state index is 3.60. The van der Waals surface area contributed by atoms with Gasteiger partial charge >= 0.3 is 0 Å². The molecule has 19 heavy (non-hydrogen) atoms. The second kappa shape index (κ2) is 5.62. The van der Waals surface area contributed by atoms with Gasteiger partial charge in [0.1, 0.15) is 0 Å². The first-order valence-corrected chi connectivity index (χ1v) is 6.90. The Morgan fingerprint density at radius 1 is 1.11 bits per heavy atom. The van der Waals surface area contributed by atoms with Crippen LogP contribution in [0.15, 0.2) is 30.3 Å². The third kappa shape index (κ3) is 3.07. The van der Waals surface area contributed by atoms with Crippen LogP contribution >= 0.6 is 0 Å². The van der Waals surface area contributed by atoms with Crippen molar-refractivity contribution in [2.24, 2.45) is 7.05 Å². The van der Waals surface area contributed by atoms with Crippen LogP contribution in [-0.2, 0) is 13.6 Å². The molecule has 102 valence electrons. The Labute approximate surface area is 116 Å². The van der Waals surface area contributed by atoms with E-state index in [-0.39, 0.29) is 0 Å². The molecule has 1 unspecified atom stereocenters. The number of aryl methyl sites for hydroxylation is 2. The van der Waals surface area contributed by atoms with Crippen LogP contribution in [0.5, 0.6) is 0 Å². The highest BCUT2D eigenvalue weighted by Gasteiger charge is 2.08. The fraction of sp³-hybridized carbons (Fsp3) is 0.412. The molecule has 0 radical (unpaired) electrons. The molecule has 0 aliphatic heterocycles. The zero-order chi connectivity index (χ0) is 14.0. The van der Waals surface area contributed by atoms with E-state index >= 15 is 0 Å². The van der Waals surface area contributed by atoms with Gasteiger partial charge in [-0.25, -0.2) is 0 Å². The summed E-state index contributed by atoms with van der Waals surface area (Å²) in [6.07, 6.45) is 0. The van der Waals surface area contributed by atoms with Crippen LogP contribution in [-0.4, -0.2) is 4.57 Å². The van der Waals surface area contributed by atoms with Gasteiger partial charge in [-0.3, -0.25) is 0 Å². The molecule has 0 aliphatic rings. The van der Waals surface area contributed by atoms with Gasteiger partial charge in [0.05, 0.1) is 0 Å². The number of hydrogen-bond donors (Lipinski definition) is 1. The second-order valence-corrected chi connectivity index (χ2v) is 5.47. The minimum atomic E-state index is 0.375.